The summed E-state index contributed by atoms with van der Waals surface area (Å²) in [6.45, 7) is 2.78. The third-order valence-corrected chi connectivity index (χ3v) is 4.07. The summed E-state index contributed by atoms with van der Waals surface area (Å²) in [4.78, 5) is 14.1. The topological polar surface area (TPSA) is 32.3 Å². The van der Waals surface area contributed by atoms with E-state index in [1.54, 1.807) is 0 Å². The second-order valence-electron chi connectivity index (χ2n) is 5.14. The maximum atomic E-state index is 12.1. The molecule has 1 atom stereocenters. The smallest absolute Gasteiger partial charge is 0.222 e. The van der Waals surface area contributed by atoms with Gasteiger partial charge in [-0.3, -0.25) is 4.79 Å². The summed E-state index contributed by atoms with van der Waals surface area (Å²) in [7, 11) is 1.96. The lowest BCUT2D eigenvalue weighted by atomic mass is 10.1. The molecule has 4 heteroatoms. The van der Waals surface area contributed by atoms with E-state index in [1.807, 2.05) is 36.2 Å². The first kappa shape index (κ1) is 14.4. The minimum absolute atomic E-state index is 0.249. The van der Waals surface area contributed by atoms with Crippen molar-refractivity contribution in [1.29, 1.82) is 0 Å². The van der Waals surface area contributed by atoms with Gasteiger partial charge in [-0.05, 0) is 44.0 Å². The van der Waals surface area contributed by atoms with Crippen LogP contribution in [0.5, 0.6) is 0 Å². The molecule has 0 bridgehead atoms. The van der Waals surface area contributed by atoms with Crippen LogP contribution in [0.25, 0.3) is 0 Å². The summed E-state index contributed by atoms with van der Waals surface area (Å²) >= 11 is 6.10. The molecule has 1 aromatic rings. The van der Waals surface area contributed by atoms with E-state index in [0.29, 0.717) is 12.3 Å². The van der Waals surface area contributed by atoms with Crippen LogP contribution in [0.2, 0.25) is 5.02 Å². The number of carbonyl (C=O) groups is 1. The molecule has 1 heterocycles. The molecule has 1 aromatic carbocycles. The van der Waals surface area contributed by atoms with Gasteiger partial charge in [0, 0.05) is 24.5 Å². The molecule has 104 valence electrons. The summed E-state index contributed by atoms with van der Waals surface area (Å²) in [5.74, 6) is 0.854. The standard InChI is InChI=1S/C15H21ClN2O/c1-17-10-12-8-9-18(11-12)15(19)7-6-13-4-2-3-5-14(13)16/h2-5,12,17H,6-11H2,1H3/t12-/m0/s1. The number of rotatable bonds is 5. The largest absolute Gasteiger partial charge is 0.342 e. The summed E-state index contributed by atoms with van der Waals surface area (Å²) in [5.41, 5.74) is 1.06. The zero-order valence-corrected chi connectivity index (χ0v) is 12.1. The van der Waals surface area contributed by atoms with E-state index < -0.39 is 0 Å². The van der Waals surface area contributed by atoms with E-state index in [4.69, 9.17) is 11.6 Å². The number of nitrogens with zero attached hydrogens (tertiary/aromatic N) is 1. The van der Waals surface area contributed by atoms with Crippen molar-refractivity contribution in [3.8, 4) is 0 Å². The summed E-state index contributed by atoms with van der Waals surface area (Å²) in [6, 6.07) is 7.74. The predicted molar refractivity (Wildman–Crippen MR) is 78.4 cm³/mol. The van der Waals surface area contributed by atoms with Crippen LogP contribution in [-0.2, 0) is 11.2 Å². The molecule has 0 aliphatic carbocycles. The van der Waals surface area contributed by atoms with E-state index in [2.05, 4.69) is 5.32 Å². The van der Waals surface area contributed by atoms with Gasteiger partial charge in [0.15, 0.2) is 0 Å². The first-order valence-corrected chi connectivity index (χ1v) is 7.24. The van der Waals surface area contributed by atoms with Gasteiger partial charge >= 0.3 is 0 Å². The average Bonchev–Trinajstić information content (AvgIpc) is 2.87. The molecule has 1 saturated heterocycles. The number of nitrogens with one attached hydrogen (secondary N) is 1. The fourth-order valence-electron chi connectivity index (χ4n) is 2.62. The van der Waals surface area contributed by atoms with Crippen molar-refractivity contribution in [3.63, 3.8) is 0 Å². The number of hydrogen-bond acceptors (Lipinski definition) is 2. The molecule has 0 radical (unpaired) electrons. The molecule has 2 rings (SSSR count). The number of hydrogen-bond donors (Lipinski definition) is 1. The number of benzene rings is 1. The monoisotopic (exact) mass is 280 g/mol. The number of amides is 1. The lowest BCUT2D eigenvalue weighted by Crippen LogP contribution is -2.30. The quantitative estimate of drug-likeness (QED) is 0.898. The van der Waals surface area contributed by atoms with Crippen LogP contribution in [0.4, 0.5) is 0 Å². The van der Waals surface area contributed by atoms with Gasteiger partial charge in [-0.1, -0.05) is 29.8 Å². The SMILES string of the molecule is CNC[C@@H]1CCN(C(=O)CCc2ccccc2Cl)C1. The molecular weight excluding hydrogens is 260 g/mol. The van der Waals surface area contributed by atoms with Gasteiger partial charge in [-0.25, -0.2) is 0 Å². The van der Waals surface area contributed by atoms with E-state index in [1.165, 1.54) is 0 Å². The van der Waals surface area contributed by atoms with Gasteiger partial charge in [0.1, 0.15) is 0 Å². The fraction of sp³-hybridized carbons (Fsp3) is 0.533. The normalized spacial score (nSPS) is 18.8. The van der Waals surface area contributed by atoms with Crippen molar-refractivity contribution < 1.29 is 4.79 Å². The van der Waals surface area contributed by atoms with Crippen molar-refractivity contribution >= 4 is 17.5 Å². The van der Waals surface area contributed by atoms with Crippen molar-refractivity contribution in [2.75, 3.05) is 26.7 Å². The van der Waals surface area contributed by atoms with Gasteiger partial charge in [-0.2, -0.15) is 0 Å². The molecular formula is C15H21ClN2O. The number of aryl methyl sites for hydroxylation is 1. The molecule has 0 aromatic heterocycles. The van der Waals surface area contributed by atoms with Crippen LogP contribution < -0.4 is 5.32 Å². The van der Waals surface area contributed by atoms with E-state index >= 15 is 0 Å². The molecule has 1 amide bonds. The molecule has 1 fully saturated rings. The Balaban J connectivity index is 1.81. The Morgan fingerprint density at radius 1 is 1.47 bits per heavy atom. The summed E-state index contributed by atoms with van der Waals surface area (Å²) < 4.78 is 0. The van der Waals surface area contributed by atoms with Crippen molar-refractivity contribution in [1.82, 2.24) is 10.2 Å². The first-order chi connectivity index (χ1) is 9.20. The lowest BCUT2D eigenvalue weighted by molar-refractivity contribution is -0.130. The molecule has 0 saturated carbocycles. The van der Waals surface area contributed by atoms with Gasteiger partial charge in [0.2, 0.25) is 5.91 Å². The molecule has 1 aliphatic rings. The predicted octanol–water partition coefficient (Wildman–Crippen LogP) is 2.34. The third kappa shape index (κ3) is 3.95. The zero-order valence-electron chi connectivity index (χ0n) is 11.4. The number of likely N-dealkylation sites (tertiary alicyclic amines) is 1. The van der Waals surface area contributed by atoms with Crippen LogP contribution in [0.15, 0.2) is 24.3 Å². The van der Waals surface area contributed by atoms with Crippen LogP contribution >= 0.6 is 11.6 Å². The van der Waals surface area contributed by atoms with Crippen LogP contribution in [-0.4, -0.2) is 37.5 Å². The third-order valence-electron chi connectivity index (χ3n) is 3.70. The minimum Gasteiger partial charge on any atom is -0.342 e. The highest BCUT2D eigenvalue weighted by Crippen LogP contribution is 2.19. The Bertz CT molecular complexity index is 436. The van der Waals surface area contributed by atoms with Crippen molar-refractivity contribution in [3.05, 3.63) is 34.9 Å². The Hall–Kier alpha value is -1.06. The lowest BCUT2D eigenvalue weighted by Gasteiger charge is -2.16. The molecule has 0 spiro atoms. The van der Waals surface area contributed by atoms with Crippen LogP contribution in [0.3, 0.4) is 0 Å². The maximum absolute atomic E-state index is 12.1. The van der Waals surface area contributed by atoms with E-state index in [-0.39, 0.29) is 5.91 Å². The van der Waals surface area contributed by atoms with Gasteiger partial charge in [-0.15, -0.1) is 0 Å². The van der Waals surface area contributed by atoms with Crippen LogP contribution in [0, 0.1) is 5.92 Å². The Morgan fingerprint density at radius 3 is 3.00 bits per heavy atom. The highest BCUT2D eigenvalue weighted by Gasteiger charge is 2.25. The van der Waals surface area contributed by atoms with Crippen molar-refractivity contribution in [2.24, 2.45) is 5.92 Å². The van der Waals surface area contributed by atoms with Gasteiger partial charge in [0.25, 0.3) is 0 Å². The Morgan fingerprint density at radius 2 is 2.26 bits per heavy atom. The molecule has 19 heavy (non-hydrogen) atoms. The average molecular weight is 281 g/mol. The molecule has 0 unspecified atom stereocenters. The number of halogens is 1. The Kier molecular flexibility index (Phi) is 5.23. The minimum atomic E-state index is 0.249. The summed E-state index contributed by atoms with van der Waals surface area (Å²) in [6.07, 6.45) is 2.39. The maximum Gasteiger partial charge on any atom is 0.222 e. The van der Waals surface area contributed by atoms with Crippen molar-refractivity contribution in [2.45, 2.75) is 19.3 Å². The molecule has 3 nitrogen and oxygen atoms in total. The van der Waals surface area contributed by atoms with E-state index in [0.717, 1.165) is 43.1 Å². The second kappa shape index (κ2) is 6.92. The van der Waals surface area contributed by atoms with Crippen LogP contribution in [0.1, 0.15) is 18.4 Å². The highest BCUT2D eigenvalue weighted by molar-refractivity contribution is 6.31. The number of carbonyl (C=O) groups excluding carboxylic acids is 1. The fourth-order valence-corrected chi connectivity index (χ4v) is 2.85. The molecule has 1 aliphatic heterocycles. The summed E-state index contributed by atoms with van der Waals surface area (Å²) in [5, 5.41) is 3.93. The highest BCUT2D eigenvalue weighted by atomic mass is 35.5. The van der Waals surface area contributed by atoms with Gasteiger partial charge < -0.3 is 10.2 Å². The zero-order chi connectivity index (χ0) is 13.7. The first-order valence-electron chi connectivity index (χ1n) is 6.86. The van der Waals surface area contributed by atoms with Gasteiger partial charge in [0.05, 0.1) is 0 Å². The Labute approximate surface area is 119 Å². The molecule has 1 N–H and O–H groups in total. The second-order valence-corrected chi connectivity index (χ2v) is 5.55. The van der Waals surface area contributed by atoms with E-state index in [9.17, 15) is 4.79 Å².